The summed E-state index contributed by atoms with van der Waals surface area (Å²) < 4.78 is 2.07. The van der Waals surface area contributed by atoms with Crippen LogP contribution in [0.2, 0.25) is 5.02 Å². The van der Waals surface area contributed by atoms with Gasteiger partial charge >= 0.3 is 0 Å². The molecule has 2 rings (SSSR count). The van der Waals surface area contributed by atoms with Gasteiger partial charge in [0.15, 0.2) is 0 Å². The topological polar surface area (TPSA) is 29.9 Å². The largest absolute Gasteiger partial charge is 0.317 e. The van der Waals surface area contributed by atoms with Gasteiger partial charge in [0, 0.05) is 12.0 Å². The van der Waals surface area contributed by atoms with E-state index in [1.807, 2.05) is 0 Å². The third-order valence-electron chi connectivity index (χ3n) is 3.00. The molecule has 1 aliphatic rings. The van der Waals surface area contributed by atoms with Gasteiger partial charge in [-0.15, -0.1) is 0 Å². The first-order chi connectivity index (χ1) is 7.20. The Morgan fingerprint density at radius 1 is 1.47 bits per heavy atom. The second kappa shape index (κ2) is 4.54. The molecule has 0 radical (unpaired) electrons. The Kier molecular flexibility index (Phi) is 3.32. The Morgan fingerprint density at radius 3 is 2.73 bits per heavy atom. The van der Waals surface area contributed by atoms with Gasteiger partial charge < -0.3 is 5.32 Å². The highest BCUT2D eigenvalue weighted by atomic mass is 35.5. The molecule has 3 nitrogen and oxygen atoms in total. The summed E-state index contributed by atoms with van der Waals surface area (Å²) in [7, 11) is 0. The van der Waals surface area contributed by atoms with Crippen molar-refractivity contribution in [3.63, 3.8) is 0 Å². The summed E-state index contributed by atoms with van der Waals surface area (Å²) >= 11 is 6.22. The second-order valence-electron chi connectivity index (χ2n) is 4.44. The molecule has 0 amide bonds. The molecule has 0 aromatic carbocycles. The highest BCUT2D eigenvalue weighted by Gasteiger charge is 2.23. The van der Waals surface area contributed by atoms with E-state index in [2.05, 4.69) is 28.9 Å². The van der Waals surface area contributed by atoms with Crippen LogP contribution in [0.5, 0.6) is 0 Å². The van der Waals surface area contributed by atoms with E-state index in [0.29, 0.717) is 12.0 Å². The number of nitrogens with one attached hydrogen (secondary N) is 1. The van der Waals surface area contributed by atoms with Crippen molar-refractivity contribution in [2.24, 2.45) is 0 Å². The summed E-state index contributed by atoms with van der Waals surface area (Å²) in [6.07, 6.45) is 4.11. The molecule has 15 heavy (non-hydrogen) atoms. The van der Waals surface area contributed by atoms with Gasteiger partial charge in [0.05, 0.1) is 16.9 Å². The fraction of sp³-hybridized carbons (Fsp3) is 0.727. The van der Waals surface area contributed by atoms with Crippen molar-refractivity contribution in [2.75, 3.05) is 13.1 Å². The van der Waals surface area contributed by atoms with E-state index >= 15 is 0 Å². The average Bonchev–Trinajstić information content (AvgIpc) is 2.61. The molecular formula is C11H18ClN3. The summed E-state index contributed by atoms with van der Waals surface area (Å²) in [5, 5.41) is 8.56. The predicted molar refractivity (Wildman–Crippen MR) is 62.5 cm³/mol. The minimum atomic E-state index is 0.391. The first-order valence-electron chi connectivity index (χ1n) is 5.63. The maximum atomic E-state index is 6.22. The van der Waals surface area contributed by atoms with Crippen molar-refractivity contribution in [2.45, 2.75) is 38.6 Å². The van der Waals surface area contributed by atoms with Crippen molar-refractivity contribution < 1.29 is 0 Å². The molecular weight excluding hydrogens is 210 g/mol. The van der Waals surface area contributed by atoms with Crippen LogP contribution in [0.1, 0.15) is 44.3 Å². The van der Waals surface area contributed by atoms with E-state index in [4.69, 9.17) is 11.6 Å². The predicted octanol–water partition coefficient (Wildman–Crippen LogP) is 2.58. The number of hydrogen-bond donors (Lipinski definition) is 1. The summed E-state index contributed by atoms with van der Waals surface area (Å²) in [6, 6.07) is 0.391. The molecule has 1 fully saturated rings. The van der Waals surface area contributed by atoms with Crippen molar-refractivity contribution in [1.29, 1.82) is 0 Å². The van der Waals surface area contributed by atoms with Crippen molar-refractivity contribution in [3.05, 3.63) is 16.9 Å². The van der Waals surface area contributed by atoms with Crippen LogP contribution in [0.25, 0.3) is 0 Å². The second-order valence-corrected chi connectivity index (χ2v) is 4.85. The highest BCUT2D eigenvalue weighted by molar-refractivity contribution is 6.31. The van der Waals surface area contributed by atoms with Crippen LogP contribution in [0, 0.1) is 0 Å². The molecule has 1 N–H and O–H groups in total. The minimum Gasteiger partial charge on any atom is -0.317 e. The van der Waals surface area contributed by atoms with Gasteiger partial charge in [-0.2, -0.15) is 5.10 Å². The maximum Gasteiger partial charge on any atom is 0.0820 e. The highest BCUT2D eigenvalue weighted by Crippen LogP contribution is 2.32. The van der Waals surface area contributed by atoms with E-state index in [9.17, 15) is 0 Å². The SMILES string of the molecule is CC(C)n1ncc(Cl)c1C1CCNCC1. The number of hydrogen-bond acceptors (Lipinski definition) is 2. The van der Waals surface area contributed by atoms with Crippen LogP contribution < -0.4 is 5.32 Å². The Hall–Kier alpha value is -0.540. The van der Waals surface area contributed by atoms with Crippen LogP contribution in [-0.4, -0.2) is 22.9 Å². The molecule has 0 atom stereocenters. The number of aromatic nitrogens is 2. The first kappa shape index (κ1) is 11.0. The maximum absolute atomic E-state index is 6.22. The van der Waals surface area contributed by atoms with Crippen LogP contribution >= 0.6 is 11.6 Å². The molecule has 1 aliphatic heterocycles. The molecule has 4 heteroatoms. The molecule has 1 aromatic rings. The number of rotatable bonds is 2. The van der Waals surface area contributed by atoms with E-state index in [0.717, 1.165) is 31.0 Å². The number of halogens is 1. The molecule has 0 unspecified atom stereocenters. The fourth-order valence-corrected chi connectivity index (χ4v) is 2.52. The molecule has 0 spiro atoms. The molecule has 84 valence electrons. The Morgan fingerprint density at radius 2 is 2.13 bits per heavy atom. The Balaban J connectivity index is 2.28. The molecule has 0 aliphatic carbocycles. The van der Waals surface area contributed by atoms with E-state index in [1.165, 1.54) is 5.69 Å². The molecule has 1 saturated heterocycles. The lowest BCUT2D eigenvalue weighted by molar-refractivity contribution is 0.413. The molecule has 0 saturated carbocycles. The van der Waals surface area contributed by atoms with Crippen LogP contribution in [0.4, 0.5) is 0 Å². The molecule has 1 aromatic heterocycles. The van der Waals surface area contributed by atoms with Crippen molar-refractivity contribution in [1.82, 2.24) is 15.1 Å². The monoisotopic (exact) mass is 227 g/mol. The van der Waals surface area contributed by atoms with Gasteiger partial charge in [0.2, 0.25) is 0 Å². The minimum absolute atomic E-state index is 0.391. The Bertz CT molecular complexity index is 327. The van der Waals surface area contributed by atoms with Gasteiger partial charge in [0.1, 0.15) is 0 Å². The third-order valence-corrected chi connectivity index (χ3v) is 3.29. The average molecular weight is 228 g/mol. The smallest absolute Gasteiger partial charge is 0.0820 e. The van der Waals surface area contributed by atoms with Crippen LogP contribution in [0.15, 0.2) is 6.20 Å². The van der Waals surface area contributed by atoms with Gasteiger partial charge in [-0.3, -0.25) is 4.68 Å². The lowest BCUT2D eigenvalue weighted by Crippen LogP contribution is -2.28. The van der Waals surface area contributed by atoms with Gasteiger partial charge in [-0.05, 0) is 39.8 Å². The summed E-state index contributed by atoms with van der Waals surface area (Å²) in [5.41, 5.74) is 1.23. The quantitative estimate of drug-likeness (QED) is 0.842. The van der Waals surface area contributed by atoms with Gasteiger partial charge in [0.25, 0.3) is 0 Å². The third kappa shape index (κ3) is 2.18. The van der Waals surface area contributed by atoms with Crippen molar-refractivity contribution in [3.8, 4) is 0 Å². The van der Waals surface area contributed by atoms with E-state index in [-0.39, 0.29) is 0 Å². The molecule has 0 bridgehead atoms. The summed E-state index contributed by atoms with van der Waals surface area (Å²) in [5.74, 6) is 0.573. The zero-order valence-electron chi connectivity index (χ0n) is 9.33. The molecule has 2 heterocycles. The standard InChI is InChI=1S/C11H18ClN3/c1-8(2)15-11(10(12)7-14-15)9-3-5-13-6-4-9/h7-9,13H,3-6H2,1-2H3. The van der Waals surface area contributed by atoms with Crippen molar-refractivity contribution >= 4 is 11.6 Å². The van der Waals surface area contributed by atoms with E-state index < -0.39 is 0 Å². The lowest BCUT2D eigenvalue weighted by atomic mass is 9.94. The van der Waals surface area contributed by atoms with Gasteiger partial charge in [-0.25, -0.2) is 0 Å². The zero-order valence-corrected chi connectivity index (χ0v) is 10.1. The fourth-order valence-electron chi connectivity index (χ4n) is 2.24. The van der Waals surface area contributed by atoms with Gasteiger partial charge in [-0.1, -0.05) is 11.6 Å². The van der Waals surface area contributed by atoms with E-state index in [1.54, 1.807) is 6.20 Å². The lowest BCUT2D eigenvalue weighted by Gasteiger charge is -2.25. The van der Waals surface area contributed by atoms with Crippen LogP contribution in [-0.2, 0) is 0 Å². The normalized spacial score (nSPS) is 18.7. The summed E-state index contributed by atoms with van der Waals surface area (Å²) in [4.78, 5) is 0. The number of nitrogens with zero attached hydrogens (tertiary/aromatic N) is 2. The first-order valence-corrected chi connectivity index (χ1v) is 6.01. The summed E-state index contributed by atoms with van der Waals surface area (Å²) in [6.45, 7) is 6.47. The van der Waals surface area contributed by atoms with Crippen LogP contribution in [0.3, 0.4) is 0 Å². The zero-order chi connectivity index (χ0) is 10.8. The number of piperidine rings is 1. The Labute approximate surface area is 95.8 Å².